The SMILES string of the molecule is CC(O)CNC1CCN(Cc2c(F)cccc2Cl)CC1. The molecule has 1 unspecified atom stereocenters. The summed E-state index contributed by atoms with van der Waals surface area (Å²) >= 11 is 6.06. The summed E-state index contributed by atoms with van der Waals surface area (Å²) in [6.45, 7) is 4.81. The van der Waals surface area contributed by atoms with E-state index in [4.69, 9.17) is 11.6 Å². The molecule has 112 valence electrons. The van der Waals surface area contributed by atoms with E-state index in [0.29, 0.717) is 29.7 Å². The molecule has 1 aromatic carbocycles. The molecule has 1 aliphatic rings. The van der Waals surface area contributed by atoms with E-state index in [1.54, 1.807) is 19.1 Å². The van der Waals surface area contributed by atoms with Gasteiger partial charge in [-0.15, -0.1) is 0 Å². The van der Waals surface area contributed by atoms with Crippen LogP contribution in [0.2, 0.25) is 5.02 Å². The van der Waals surface area contributed by atoms with Gasteiger partial charge in [0.25, 0.3) is 0 Å². The number of rotatable bonds is 5. The highest BCUT2D eigenvalue weighted by Crippen LogP contribution is 2.22. The zero-order valence-corrected chi connectivity index (χ0v) is 12.5. The van der Waals surface area contributed by atoms with Gasteiger partial charge in [-0.25, -0.2) is 4.39 Å². The molecule has 0 bridgehead atoms. The standard InChI is InChI=1S/C15H22ClFN2O/c1-11(20)9-18-12-5-7-19(8-6-12)10-13-14(16)3-2-4-15(13)17/h2-4,11-12,18,20H,5-10H2,1H3. The zero-order valence-electron chi connectivity index (χ0n) is 11.8. The van der Waals surface area contributed by atoms with Gasteiger partial charge in [-0.2, -0.15) is 0 Å². The van der Waals surface area contributed by atoms with Crippen LogP contribution in [0, 0.1) is 5.82 Å². The monoisotopic (exact) mass is 300 g/mol. The Balaban J connectivity index is 1.82. The van der Waals surface area contributed by atoms with Crippen molar-refractivity contribution in [3.63, 3.8) is 0 Å². The van der Waals surface area contributed by atoms with Gasteiger partial charge in [0.15, 0.2) is 0 Å². The lowest BCUT2D eigenvalue weighted by molar-refractivity contribution is 0.158. The molecule has 1 heterocycles. The van der Waals surface area contributed by atoms with Crippen LogP contribution in [0.5, 0.6) is 0 Å². The van der Waals surface area contributed by atoms with E-state index >= 15 is 0 Å². The third-order valence-electron chi connectivity index (χ3n) is 3.73. The smallest absolute Gasteiger partial charge is 0.129 e. The normalized spacial score (nSPS) is 19.2. The summed E-state index contributed by atoms with van der Waals surface area (Å²) in [5.74, 6) is -0.230. The van der Waals surface area contributed by atoms with Crippen LogP contribution < -0.4 is 5.32 Å². The molecule has 1 fully saturated rings. The molecular formula is C15H22ClFN2O. The second-order valence-electron chi connectivity index (χ2n) is 5.51. The van der Waals surface area contributed by atoms with Crippen LogP contribution >= 0.6 is 11.6 Å². The summed E-state index contributed by atoms with van der Waals surface area (Å²) in [4.78, 5) is 2.23. The van der Waals surface area contributed by atoms with Gasteiger partial charge in [-0.05, 0) is 45.0 Å². The first-order valence-corrected chi connectivity index (χ1v) is 7.50. The Hall–Kier alpha value is -0.680. The molecule has 1 aromatic rings. The molecule has 3 nitrogen and oxygen atoms in total. The predicted molar refractivity (Wildman–Crippen MR) is 79.4 cm³/mol. The molecule has 0 amide bonds. The van der Waals surface area contributed by atoms with Crippen molar-refractivity contribution < 1.29 is 9.50 Å². The van der Waals surface area contributed by atoms with E-state index < -0.39 is 0 Å². The van der Waals surface area contributed by atoms with Gasteiger partial charge >= 0.3 is 0 Å². The first-order chi connectivity index (χ1) is 9.56. The maximum absolute atomic E-state index is 13.7. The van der Waals surface area contributed by atoms with Crippen molar-refractivity contribution in [2.45, 2.75) is 38.5 Å². The quantitative estimate of drug-likeness (QED) is 0.876. The molecule has 5 heteroatoms. The van der Waals surface area contributed by atoms with Crippen molar-refractivity contribution in [1.82, 2.24) is 10.2 Å². The van der Waals surface area contributed by atoms with E-state index in [2.05, 4.69) is 10.2 Å². The highest BCUT2D eigenvalue weighted by Gasteiger charge is 2.20. The van der Waals surface area contributed by atoms with Gasteiger partial charge in [0.1, 0.15) is 5.82 Å². The van der Waals surface area contributed by atoms with E-state index in [1.165, 1.54) is 6.07 Å². The molecule has 1 aliphatic heterocycles. The molecule has 20 heavy (non-hydrogen) atoms. The summed E-state index contributed by atoms with van der Waals surface area (Å²) in [5, 5.41) is 13.1. The van der Waals surface area contributed by atoms with Gasteiger partial charge < -0.3 is 10.4 Å². The number of likely N-dealkylation sites (tertiary alicyclic amines) is 1. The Labute approximate surface area is 124 Å². The summed E-state index contributed by atoms with van der Waals surface area (Å²) in [7, 11) is 0. The first kappa shape index (κ1) is 15.7. The van der Waals surface area contributed by atoms with Gasteiger partial charge in [0.2, 0.25) is 0 Å². The fourth-order valence-corrected chi connectivity index (χ4v) is 2.76. The van der Waals surface area contributed by atoms with Crippen molar-refractivity contribution in [3.05, 3.63) is 34.6 Å². The molecule has 1 saturated heterocycles. The average Bonchev–Trinajstić information content (AvgIpc) is 2.42. The maximum atomic E-state index is 13.7. The van der Waals surface area contributed by atoms with Crippen molar-refractivity contribution in [2.24, 2.45) is 0 Å². The fraction of sp³-hybridized carbons (Fsp3) is 0.600. The van der Waals surface area contributed by atoms with Crippen LogP contribution in [0.1, 0.15) is 25.3 Å². The molecule has 0 spiro atoms. The average molecular weight is 301 g/mol. The van der Waals surface area contributed by atoms with E-state index in [0.717, 1.165) is 25.9 Å². The van der Waals surface area contributed by atoms with Crippen molar-refractivity contribution in [1.29, 1.82) is 0 Å². The molecule has 1 atom stereocenters. The summed E-state index contributed by atoms with van der Waals surface area (Å²) < 4.78 is 13.7. The third kappa shape index (κ3) is 4.42. The van der Waals surface area contributed by atoms with Crippen LogP contribution in [0.3, 0.4) is 0 Å². The summed E-state index contributed by atoms with van der Waals surface area (Å²) in [6.07, 6.45) is 1.71. The van der Waals surface area contributed by atoms with Gasteiger partial charge in [0, 0.05) is 29.7 Å². The van der Waals surface area contributed by atoms with Crippen molar-refractivity contribution >= 4 is 11.6 Å². The molecule has 0 aliphatic carbocycles. The highest BCUT2D eigenvalue weighted by molar-refractivity contribution is 6.31. The largest absolute Gasteiger partial charge is 0.392 e. The Bertz CT molecular complexity index is 414. The Morgan fingerprint density at radius 1 is 1.45 bits per heavy atom. The number of nitrogens with one attached hydrogen (secondary N) is 1. The number of nitrogens with zero attached hydrogens (tertiary/aromatic N) is 1. The van der Waals surface area contributed by atoms with Gasteiger partial charge in [-0.3, -0.25) is 4.90 Å². The Morgan fingerprint density at radius 3 is 2.75 bits per heavy atom. The predicted octanol–water partition coefficient (Wildman–Crippen LogP) is 2.41. The van der Waals surface area contributed by atoms with E-state index in [1.807, 2.05) is 0 Å². The zero-order chi connectivity index (χ0) is 14.5. The molecular weight excluding hydrogens is 279 g/mol. The number of benzene rings is 1. The minimum atomic E-state index is -0.315. The van der Waals surface area contributed by atoms with E-state index in [9.17, 15) is 9.50 Å². The van der Waals surface area contributed by atoms with Gasteiger partial charge in [-0.1, -0.05) is 17.7 Å². The highest BCUT2D eigenvalue weighted by atomic mass is 35.5. The third-order valence-corrected chi connectivity index (χ3v) is 4.09. The Kier molecular flexibility index (Phi) is 5.78. The van der Waals surface area contributed by atoms with Gasteiger partial charge in [0.05, 0.1) is 6.10 Å². The minimum absolute atomic E-state index is 0.230. The number of hydrogen-bond donors (Lipinski definition) is 2. The van der Waals surface area contributed by atoms with Crippen molar-refractivity contribution in [2.75, 3.05) is 19.6 Å². The first-order valence-electron chi connectivity index (χ1n) is 7.13. The second kappa shape index (κ2) is 7.36. The topological polar surface area (TPSA) is 35.5 Å². The molecule has 2 N–H and O–H groups in total. The van der Waals surface area contributed by atoms with Crippen LogP contribution in [-0.4, -0.2) is 41.8 Å². The fourth-order valence-electron chi connectivity index (χ4n) is 2.54. The van der Waals surface area contributed by atoms with E-state index in [-0.39, 0.29) is 11.9 Å². The lowest BCUT2D eigenvalue weighted by Gasteiger charge is -2.33. The molecule has 0 aromatic heterocycles. The number of hydrogen-bond acceptors (Lipinski definition) is 3. The number of aliphatic hydroxyl groups is 1. The number of piperidine rings is 1. The van der Waals surface area contributed by atoms with Crippen LogP contribution in [0.15, 0.2) is 18.2 Å². The van der Waals surface area contributed by atoms with Crippen molar-refractivity contribution in [3.8, 4) is 0 Å². The lowest BCUT2D eigenvalue weighted by Crippen LogP contribution is -2.44. The van der Waals surface area contributed by atoms with Crippen LogP contribution in [0.4, 0.5) is 4.39 Å². The summed E-state index contributed by atoms with van der Waals surface area (Å²) in [6, 6.07) is 5.26. The van der Waals surface area contributed by atoms with Crippen LogP contribution in [-0.2, 0) is 6.54 Å². The lowest BCUT2D eigenvalue weighted by atomic mass is 10.0. The minimum Gasteiger partial charge on any atom is -0.392 e. The second-order valence-corrected chi connectivity index (χ2v) is 5.92. The molecule has 0 radical (unpaired) electrons. The van der Waals surface area contributed by atoms with Crippen LogP contribution in [0.25, 0.3) is 0 Å². The number of halogens is 2. The maximum Gasteiger partial charge on any atom is 0.129 e. The molecule has 0 saturated carbocycles. The Morgan fingerprint density at radius 2 is 2.15 bits per heavy atom. The summed E-state index contributed by atoms with van der Waals surface area (Å²) in [5.41, 5.74) is 0.588. The molecule has 2 rings (SSSR count). The number of aliphatic hydroxyl groups excluding tert-OH is 1.